The number of nitro groups is 1. The van der Waals surface area contributed by atoms with Crippen LogP contribution < -0.4 is 15.6 Å². The number of nitro benzene ring substituents is 1. The number of carbonyl (C=O) groups excluding carboxylic acids is 2. The number of nitrogens with one attached hydrogen (secondary N) is 2. The zero-order valence-corrected chi connectivity index (χ0v) is 14.1. The summed E-state index contributed by atoms with van der Waals surface area (Å²) in [7, 11) is 0. The minimum Gasteiger partial charge on any atom is -0.477 e. The second-order valence-electron chi connectivity index (χ2n) is 5.61. The fourth-order valence-corrected chi connectivity index (χ4v) is 2.52. The van der Waals surface area contributed by atoms with Gasteiger partial charge in [0.25, 0.3) is 11.8 Å². The largest absolute Gasteiger partial charge is 0.477 e. The number of aromatic nitrogens is 1. The SMILES string of the molecule is O=C(COc1ccccc1[N+](=O)[O-])NNC(=O)Cn1ccc2ccccc21. The highest BCUT2D eigenvalue weighted by Gasteiger charge is 2.15. The number of nitrogens with zero attached hydrogens (tertiary/aromatic N) is 2. The van der Waals surface area contributed by atoms with E-state index in [1.807, 2.05) is 30.3 Å². The van der Waals surface area contributed by atoms with Crippen molar-refractivity contribution in [3.8, 4) is 5.75 Å². The lowest BCUT2D eigenvalue weighted by molar-refractivity contribution is -0.385. The van der Waals surface area contributed by atoms with Crippen LogP contribution in [-0.4, -0.2) is 27.9 Å². The first-order valence-corrected chi connectivity index (χ1v) is 8.02. The monoisotopic (exact) mass is 368 g/mol. The van der Waals surface area contributed by atoms with Gasteiger partial charge in [-0.1, -0.05) is 30.3 Å². The standard InChI is InChI=1S/C18H16N4O5/c23-17(11-21-10-9-13-5-1-2-6-14(13)21)19-20-18(24)12-27-16-8-4-3-7-15(16)22(25)26/h1-10H,11-12H2,(H,19,23)(H,20,24). The molecule has 9 nitrogen and oxygen atoms in total. The van der Waals surface area contributed by atoms with Gasteiger partial charge in [0.1, 0.15) is 6.54 Å². The Morgan fingerprint density at radius 1 is 1.00 bits per heavy atom. The number of hydrogen-bond acceptors (Lipinski definition) is 5. The summed E-state index contributed by atoms with van der Waals surface area (Å²) in [4.78, 5) is 34.1. The number of para-hydroxylation sites is 3. The predicted molar refractivity (Wildman–Crippen MR) is 96.8 cm³/mol. The Balaban J connectivity index is 1.49. The van der Waals surface area contributed by atoms with Gasteiger partial charge in [0.05, 0.1) is 4.92 Å². The van der Waals surface area contributed by atoms with Crippen LogP contribution in [0, 0.1) is 10.1 Å². The third-order valence-electron chi connectivity index (χ3n) is 3.76. The summed E-state index contributed by atoms with van der Waals surface area (Å²) in [5.74, 6) is -1.09. The summed E-state index contributed by atoms with van der Waals surface area (Å²) >= 11 is 0. The summed E-state index contributed by atoms with van der Waals surface area (Å²) in [6.45, 7) is -0.448. The first-order chi connectivity index (χ1) is 13.0. The summed E-state index contributed by atoms with van der Waals surface area (Å²) in [6.07, 6.45) is 1.78. The van der Waals surface area contributed by atoms with E-state index in [1.165, 1.54) is 18.2 Å². The Bertz CT molecular complexity index is 998. The van der Waals surface area contributed by atoms with Crippen LogP contribution in [0.15, 0.2) is 60.8 Å². The van der Waals surface area contributed by atoms with E-state index in [2.05, 4.69) is 10.9 Å². The zero-order valence-electron chi connectivity index (χ0n) is 14.1. The van der Waals surface area contributed by atoms with Crippen LogP contribution in [0.4, 0.5) is 5.69 Å². The maximum Gasteiger partial charge on any atom is 0.310 e. The Hall–Kier alpha value is -3.88. The van der Waals surface area contributed by atoms with Gasteiger partial charge in [-0.2, -0.15) is 0 Å². The molecule has 0 spiro atoms. The predicted octanol–water partition coefficient (Wildman–Crippen LogP) is 1.78. The maximum atomic E-state index is 12.0. The Morgan fingerprint density at radius 2 is 1.70 bits per heavy atom. The van der Waals surface area contributed by atoms with E-state index in [9.17, 15) is 19.7 Å². The lowest BCUT2D eigenvalue weighted by Gasteiger charge is -2.10. The molecular weight excluding hydrogens is 352 g/mol. The van der Waals surface area contributed by atoms with Crippen LogP contribution >= 0.6 is 0 Å². The van der Waals surface area contributed by atoms with Crippen LogP contribution in [0.5, 0.6) is 5.75 Å². The van der Waals surface area contributed by atoms with E-state index >= 15 is 0 Å². The molecule has 2 N–H and O–H groups in total. The molecular formula is C18H16N4O5. The number of hydrogen-bond donors (Lipinski definition) is 2. The van der Waals surface area contributed by atoms with Crippen molar-refractivity contribution in [2.24, 2.45) is 0 Å². The van der Waals surface area contributed by atoms with E-state index in [0.29, 0.717) is 0 Å². The molecule has 0 unspecified atom stereocenters. The van der Waals surface area contributed by atoms with Gasteiger partial charge in [-0.05, 0) is 23.6 Å². The van der Waals surface area contributed by atoms with Crippen molar-refractivity contribution in [3.05, 3.63) is 70.9 Å². The van der Waals surface area contributed by atoms with Gasteiger partial charge in [-0.25, -0.2) is 0 Å². The Kier molecular flexibility index (Phi) is 5.31. The van der Waals surface area contributed by atoms with Crippen molar-refractivity contribution in [2.75, 3.05) is 6.61 Å². The zero-order chi connectivity index (χ0) is 19.2. The summed E-state index contributed by atoms with van der Waals surface area (Å²) in [5.41, 5.74) is 5.16. The van der Waals surface area contributed by atoms with Crippen molar-refractivity contribution in [1.82, 2.24) is 15.4 Å². The lowest BCUT2D eigenvalue weighted by atomic mass is 10.2. The molecule has 27 heavy (non-hydrogen) atoms. The van der Waals surface area contributed by atoms with Gasteiger partial charge in [0.15, 0.2) is 12.4 Å². The van der Waals surface area contributed by atoms with Crippen molar-refractivity contribution >= 4 is 28.4 Å². The molecule has 0 fully saturated rings. The van der Waals surface area contributed by atoms with E-state index in [0.717, 1.165) is 10.9 Å². The number of benzene rings is 2. The van der Waals surface area contributed by atoms with Gasteiger partial charge in [0, 0.05) is 17.8 Å². The molecule has 2 amide bonds. The van der Waals surface area contributed by atoms with Crippen molar-refractivity contribution in [2.45, 2.75) is 6.54 Å². The first kappa shape index (κ1) is 17.9. The number of fused-ring (bicyclic) bond motifs is 1. The topological polar surface area (TPSA) is 116 Å². The normalized spacial score (nSPS) is 10.4. The van der Waals surface area contributed by atoms with E-state index in [-0.39, 0.29) is 18.0 Å². The number of ether oxygens (including phenoxy) is 1. The molecule has 3 rings (SSSR count). The number of amides is 2. The smallest absolute Gasteiger partial charge is 0.310 e. The minimum atomic E-state index is -0.640. The molecule has 1 aromatic heterocycles. The highest BCUT2D eigenvalue weighted by molar-refractivity contribution is 5.85. The first-order valence-electron chi connectivity index (χ1n) is 8.02. The molecule has 0 saturated heterocycles. The average Bonchev–Trinajstić information content (AvgIpc) is 3.08. The van der Waals surface area contributed by atoms with Gasteiger partial charge in [-0.15, -0.1) is 0 Å². The van der Waals surface area contributed by atoms with Crippen LogP contribution in [0.3, 0.4) is 0 Å². The highest BCUT2D eigenvalue weighted by Crippen LogP contribution is 2.25. The molecule has 0 atom stereocenters. The third-order valence-corrected chi connectivity index (χ3v) is 3.76. The highest BCUT2D eigenvalue weighted by atomic mass is 16.6. The van der Waals surface area contributed by atoms with Crippen molar-refractivity contribution < 1.29 is 19.2 Å². The molecule has 0 bridgehead atoms. The van der Waals surface area contributed by atoms with Crippen LogP contribution in [0.2, 0.25) is 0 Å². The molecule has 3 aromatic rings. The number of carbonyl (C=O) groups is 2. The fourth-order valence-electron chi connectivity index (χ4n) is 2.52. The minimum absolute atomic E-state index is 0.0252. The lowest BCUT2D eigenvalue weighted by Crippen LogP contribution is -2.45. The van der Waals surface area contributed by atoms with Gasteiger partial charge in [0.2, 0.25) is 0 Å². The van der Waals surface area contributed by atoms with Crippen LogP contribution in [0.25, 0.3) is 10.9 Å². The number of rotatable bonds is 6. The van der Waals surface area contributed by atoms with Gasteiger partial charge in [-0.3, -0.25) is 30.6 Å². The summed E-state index contributed by atoms with van der Waals surface area (Å²) < 4.78 is 6.90. The second kappa shape index (κ2) is 8.00. The molecule has 0 aliphatic rings. The fraction of sp³-hybridized carbons (Fsp3) is 0.111. The molecule has 0 radical (unpaired) electrons. The van der Waals surface area contributed by atoms with Crippen LogP contribution in [0.1, 0.15) is 0 Å². The molecule has 2 aromatic carbocycles. The molecule has 0 saturated carbocycles. The molecule has 138 valence electrons. The van der Waals surface area contributed by atoms with Crippen molar-refractivity contribution in [3.63, 3.8) is 0 Å². The molecule has 0 aliphatic carbocycles. The maximum absolute atomic E-state index is 12.0. The third kappa shape index (κ3) is 4.40. The molecule has 1 heterocycles. The van der Waals surface area contributed by atoms with Gasteiger partial charge < -0.3 is 9.30 Å². The average molecular weight is 368 g/mol. The summed E-state index contributed by atoms with van der Waals surface area (Å²) in [6, 6.07) is 15.2. The molecule has 9 heteroatoms. The Morgan fingerprint density at radius 3 is 2.52 bits per heavy atom. The second-order valence-corrected chi connectivity index (χ2v) is 5.61. The summed E-state index contributed by atoms with van der Waals surface area (Å²) in [5, 5.41) is 11.9. The Labute approximate surface area is 153 Å². The molecule has 0 aliphatic heterocycles. The number of hydrazine groups is 1. The quantitative estimate of drug-likeness (QED) is 0.508. The van der Waals surface area contributed by atoms with E-state index < -0.39 is 23.3 Å². The van der Waals surface area contributed by atoms with Gasteiger partial charge >= 0.3 is 5.69 Å². The van der Waals surface area contributed by atoms with E-state index in [4.69, 9.17) is 4.74 Å². The van der Waals surface area contributed by atoms with Crippen molar-refractivity contribution in [1.29, 1.82) is 0 Å². The van der Waals surface area contributed by atoms with E-state index in [1.54, 1.807) is 16.8 Å². The van der Waals surface area contributed by atoms with Crippen LogP contribution in [-0.2, 0) is 16.1 Å².